The van der Waals surface area contributed by atoms with Gasteiger partial charge in [0.05, 0.1) is 3.57 Å². The SMILES string of the molecule is CCCCCCCCCc1c(O)c(OC(=O)O)c(I)c(I)c1CCCCCCCCC. The van der Waals surface area contributed by atoms with Gasteiger partial charge in [0.2, 0.25) is 0 Å². The van der Waals surface area contributed by atoms with Crippen LogP contribution in [0.5, 0.6) is 11.5 Å². The van der Waals surface area contributed by atoms with Crippen LogP contribution in [0.1, 0.15) is 115 Å². The minimum atomic E-state index is -1.38. The summed E-state index contributed by atoms with van der Waals surface area (Å²) >= 11 is 4.39. The third kappa shape index (κ3) is 10.9. The molecule has 0 spiro atoms. The quantitative estimate of drug-likeness (QED) is 0.0759. The van der Waals surface area contributed by atoms with E-state index < -0.39 is 6.16 Å². The number of phenolic OH excluding ortho intramolecular Hbond substituents is 1. The first kappa shape index (κ1) is 28.8. The normalized spacial score (nSPS) is 11.1. The number of aromatic hydroxyl groups is 1. The van der Waals surface area contributed by atoms with Crippen molar-refractivity contribution in [3.63, 3.8) is 0 Å². The van der Waals surface area contributed by atoms with E-state index in [4.69, 9.17) is 9.84 Å². The van der Waals surface area contributed by atoms with Crippen LogP contribution in [-0.2, 0) is 12.8 Å². The maximum absolute atomic E-state index is 11.1. The van der Waals surface area contributed by atoms with Crippen LogP contribution in [0.3, 0.4) is 0 Å². The van der Waals surface area contributed by atoms with Gasteiger partial charge in [-0.2, -0.15) is 0 Å². The fraction of sp³-hybridized carbons (Fsp3) is 0.720. The minimum absolute atomic E-state index is 0.0242. The van der Waals surface area contributed by atoms with Gasteiger partial charge in [-0.25, -0.2) is 4.79 Å². The molecule has 0 unspecified atom stereocenters. The maximum Gasteiger partial charge on any atom is 0.511 e. The lowest BCUT2D eigenvalue weighted by molar-refractivity contribution is 0.142. The summed E-state index contributed by atoms with van der Waals surface area (Å²) in [6.45, 7) is 4.46. The Morgan fingerprint density at radius 1 is 0.710 bits per heavy atom. The molecule has 178 valence electrons. The molecule has 31 heavy (non-hydrogen) atoms. The Balaban J connectivity index is 2.83. The molecule has 1 rings (SSSR count). The molecule has 0 radical (unpaired) electrons. The highest BCUT2D eigenvalue weighted by Gasteiger charge is 2.23. The Labute approximate surface area is 216 Å². The van der Waals surface area contributed by atoms with Crippen LogP contribution < -0.4 is 4.74 Å². The van der Waals surface area contributed by atoms with Crippen molar-refractivity contribution in [2.75, 3.05) is 0 Å². The highest BCUT2D eigenvalue weighted by atomic mass is 127. The summed E-state index contributed by atoms with van der Waals surface area (Å²) in [5, 5.41) is 20.0. The van der Waals surface area contributed by atoms with Crippen LogP contribution in [0.4, 0.5) is 4.79 Å². The number of phenols is 1. The number of hydrogen-bond donors (Lipinski definition) is 2. The molecule has 0 saturated carbocycles. The fourth-order valence-corrected chi connectivity index (χ4v) is 5.51. The average Bonchev–Trinajstić information content (AvgIpc) is 2.74. The zero-order valence-electron chi connectivity index (χ0n) is 19.3. The van der Waals surface area contributed by atoms with Crippen LogP contribution in [0, 0.1) is 7.14 Å². The molecule has 0 amide bonds. The van der Waals surface area contributed by atoms with Gasteiger partial charge in [-0.05, 0) is 76.4 Å². The molecule has 6 heteroatoms. The summed E-state index contributed by atoms with van der Waals surface area (Å²) in [4.78, 5) is 11.1. The van der Waals surface area contributed by atoms with Crippen molar-refractivity contribution < 1.29 is 19.7 Å². The van der Waals surface area contributed by atoms with E-state index in [0.29, 0.717) is 3.57 Å². The molecule has 2 N–H and O–H groups in total. The lowest BCUT2D eigenvalue weighted by Gasteiger charge is -2.18. The largest absolute Gasteiger partial charge is 0.511 e. The molecular formula is C25H40I2O4. The summed E-state index contributed by atoms with van der Waals surface area (Å²) in [5.74, 6) is 0.120. The Bertz CT molecular complexity index is 662. The topological polar surface area (TPSA) is 66.8 Å². The number of hydrogen-bond acceptors (Lipinski definition) is 3. The first-order chi connectivity index (χ1) is 14.9. The van der Waals surface area contributed by atoms with Gasteiger partial charge in [0.25, 0.3) is 0 Å². The fourth-order valence-electron chi connectivity index (χ4n) is 3.98. The number of halogens is 2. The molecule has 0 saturated heterocycles. The van der Waals surface area contributed by atoms with E-state index >= 15 is 0 Å². The van der Waals surface area contributed by atoms with Crippen molar-refractivity contribution in [3.8, 4) is 11.5 Å². The Hall–Kier alpha value is -0.250. The van der Waals surface area contributed by atoms with Crippen molar-refractivity contribution in [2.24, 2.45) is 0 Å². The Morgan fingerprint density at radius 2 is 1.13 bits per heavy atom. The van der Waals surface area contributed by atoms with Crippen molar-refractivity contribution in [2.45, 2.75) is 117 Å². The third-order valence-electron chi connectivity index (χ3n) is 5.77. The molecule has 0 aliphatic rings. The maximum atomic E-state index is 11.1. The van der Waals surface area contributed by atoms with Crippen molar-refractivity contribution in [1.29, 1.82) is 0 Å². The van der Waals surface area contributed by atoms with E-state index in [9.17, 15) is 9.90 Å². The molecule has 1 aromatic rings. The molecule has 0 aliphatic heterocycles. The van der Waals surface area contributed by atoms with Gasteiger partial charge in [0.1, 0.15) is 0 Å². The summed E-state index contributed by atoms with van der Waals surface area (Å²) in [7, 11) is 0. The number of ether oxygens (including phenoxy) is 1. The second-order valence-corrected chi connectivity index (χ2v) is 10.5. The highest BCUT2D eigenvalue weighted by Crippen LogP contribution is 2.42. The smallest absolute Gasteiger partial charge is 0.504 e. The lowest BCUT2D eigenvalue weighted by atomic mass is 9.95. The zero-order valence-corrected chi connectivity index (χ0v) is 23.6. The van der Waals surface area contributed by atoms with Gasteiger partial charge in [-0.3, -0.25) is 0 Å². The van der Waals surface area contributed by atoms with E-state index in [1.165, 1.54) is 76.2 Å². The standard InChI is InChI=1S/C25H40I2O4/c1-3-5-7-9-11-13-15-17-19-20(18-16-14-12-10-8-6-4-2)23(28)24(31-25(29)30)22(27)21(19)26/h28H,3-18H2,1-2H3,(H,29,30). The Morgan fingerprint density at radius 3 is 1.58 bits per heavy atom. The van der Waals surface area contributed by atoms with Crippen molar-refractivity contribution in [1.82, 2.24) is 0 Å². The predicted octanol–water partition coefficient (Wildman–Crippen LogP) is 9.24. The molecule has 0 fully saturated rings. The van der Waals surface area contributed by atoms with E-state index in [1.54, 1.807) is 0 Å². The Kier molecular flexibility index (Phi) is 16.0. The molecule has 0 aromatic heterocycles. The zero-order chi connectivity index (χ0) is 23.1. The van der Waals surface area contributed by atoms with E-state index in [-0.39, 0.29) is 11.5 Å². The molecule has 1 aromatic carbocycles. The average molecular weight is 658 g/mol. The van der Waals surface area contributed by atoms with Crippen LogP contribution in [0.15, 0.2) is 0 Å². The minimum Gasteiger partial charge on any atom is -0.504 e. The molecule has 0 aliphatic carbocycles. The number of rotatable bonds is 17. The van der Waals surface area contributed by atoms with Gasteiger partial charge in [-0.15, -0.1) is 0 Å². The predicted molar refractivity (Wildman–Crippen MR) is 146 cm³/mol. The van der Waals surface area contributed by atoms with Crippen LogP contribution in [-0.4, -0.2) is 16.4 Å². The second-order valence-electron chi connectivity index (χ2n) is 8.37. The molecular weight excluding hydrogens is 618 g/mol. The van der Waals surface area contributed by atoms with Gasteiger partial charge >= 0.3 is 6.16 Å². The summed E-state index contributed by atoms with van der Waals surface area (Å²) in [5.41, 5.74) is 2.07. The first-order valence-electron chi connectivity index (χ1n) is 12.1. The monoisotopic (exact) mass is 658 g/mol. The third-order valence-corrected chi connectivity index (χ3v) is 9.02. The van der Waals surface area contributed by atoms with Crippen molar-refractivity contribution >= 4 is 51.3 Å². The molecule has 0 heterocycles. The lowest BCUT2D eigenvalue weighted by Crippen LogP contribution is -2.09. The first-order valence-corrected chi connectivity index (χ1v) is 14.2. The number of carbonyl (C=O) groups is 1. The highest BCUT2D eigenvalue weighted by molar-refractivity contribution is 14.1. The van der Waals surface area contributed by atoms with Gasteiger partial charge < -0.3 is 14.9 Å². The van der Waals surface area contributed by atoms with E-state index in [1.807, 2.05) is 0 Å². The molecule has 0 bridgehead atoms. The summed E-state index contributed by atoms with van der Waals surface area (Å²) in [6, 6.07) is 0. The van der Waals surface area contributed by atoms with Crippen LogP contribution in [0.25, 0.3) is 0 Å². The number of benzene rings is 1. The number of unbranched alkanes of at least 4 members (excludes halogenated alkanes) is 12. The van der Waals surface area contributed by atoms with E-state index in [0.717, 1.165) is 41.2 Å². The van der Waals surface area contributed by atoms with Gasteiger partial charge in [-0.1, -0.05) is 90.9 Å². The van der Waals surface area contributed by atoms with Crippen LogP contribution in [0.2, 0.25) is 0 Å². The summed E-state index contributed by atoms with van der Waals surface area (Å²) < 4.78 is 6.68. The second kappa shape index (κ2) is 17.3. The molecule has 0 atom stereocenters. The summed E-state index contributed by atoms with van der Waals surface area (Å²) in [6.07, 6.45) is 17.5. The van der Waals surface area contributed by atoms with Gasteiger partial charge in [0, 0.05) is 9.13 Å². The van der Waals surface area contributed by atoms with E-state index in [2.05, 4.69) is 59.0 Å². The van der Waals surface area contributed by atoms with Crippen LogP contribution >= 0.6 is 45.2 Å². The molecule has 4 nitrogen and oxygen atoms in total. The number of carboxylic acid groups (broad SMARTS) is 1. The van der Waals surface area contributed by atoms with Crippen molar-refractivity contribution in [3.05, 3.63) is 18.3 Å². The van der Waals surface area contributed by atoms with Gasteiger partial charge in [0.15, 0.2) is 11.5 Å².